The van der Waals surface area contributed by atoms with E-state index in [9.17, 15) is 4.79 Å². The summed E-state index contributed by atoms with van der Waals surface area (Å²) in [7, 11) is 1.59. The Labute approximate surface area is 145 Å². The lowest BCUT2D eigenvalue weighted by Crippen LogP contribution is -2.40. The van der Waals surface area contributed by atoms with E-state index in [0.717, 1.165) is 42.5 Å². The Balaban J connectivity index is 1.60. The third-order valence-electron chi connectivity index (χ3n) is 3.88. The summed E-state index contributed by atoms with van der Waals surface area (Å²) in [6.45, 7) is 4.66. The van der Waals surface area contributed by atoms with Crippen LogP contribution in [0.5, 0.6) is 5.75 Å². The Morgan fingerprint density at radius 1 is 1.50 bits per heavy atom. The van der Waals surface area contributed by atoms with Gasteiger partial charge in [0.25, 0.3) is 5.91 Å². The van der Waals surface area contributed by atoms with Gasteiger partial charge in [-0.3, -0.25) is 14.7 Å². The number of likely N-dealkylation sites (tertiary alicyclic amines) is 1. The first kappa shape index (κ1) is 16.8. The van der Waals surface area contributed by atoms with Crippen LogP contribution in [0.4, 0.5) is 0 Å². The fraction of sp³-hybridized carbons (Fsp3) is 0.500. The highest BCUT2D eigenvalue weighted by Crippen LogP contribution is 2.21. The van der Waals surface area contributed by atoms with E-state index in [1.54, 1.807) is 36.7 Å². The molecule has 0 unspecified atom stereocenters. The largest absolute Gasteiger partial charge is 0.489 e. The summed E-state index contributed by atoms with van der Waals surface area (Å²) < 4.78 is 6.07. The second-order valence-electron chi connectivity index (χ2n) is 5.79. The summed E-state index contributed by atoms with van der Waals surface area (Å²) in [5.74, 6) is 0.472. The van der Waals surface area contributed by atoms with Crippen molar-refractivity contribution in [3.05, 3.63) is 34.0 Å². The first-order chi connectivity index (χ1) is 11.6. The van der Waals surface area contributed by atoms with E-state index in [2.05, 4.69) is 25.4 Å². The Morgan fingerprint density at radius 3 is 3.12 bits per heavy atom. The fourth-order valence-electron chi connectivity index (χ4n) is 2.77. The van der Waals surface area contributed by atoms with Gasteiger partial charge in [0.15, 0.2) is 0 Å². The number of ether oxygens (including phenoxy) is 1. The molecule has 2 aromatic heterocycles. The summed E-state index contributed by atoms with van der Waals surface area (Å²) in [6.07, 6.45) is 3.79. The van der Waals surface area contributed by atoms with Crippen LogP contribution in [0.25, 0.3) is 0 Å². The normalized spacial score (nSPS) is 18.3. The SMILES string of the molecule is CNC(=O)c1cc(O[C@@H]2CCCN(Cc3nnc(C)s3)C2)ccn1. The van der Waals surface area contributed by atoms with E-state index < -0.39 is 0 Å². The summed E-state index contributed by atoms with van der Waals surface area (Å²) in [5, 5.41) is 12.9. The number of hydrogen-bond acceptors (Lipinski definition) is 7. The van der Waals surface area contributed by atoms with Crippen molar-refractivity contribution in [3.63, 3.8) is 0 Å². The van der Waals surface area contributed by atoms with Crippen LogP contribution in [0.3, 0.4) is 0 Å². The van der Waals surface area contributed by atoms with Gasteiger partial charge < -0.3 is 10.1 Å². The molecule has 1 atom stereocenters. The van der Waals surface area contributed by atoms with Gasteiger partial charge in [-0.25, -0.2) is 0 Å². The quantitative estimate of drug-likeness (QED) is 0.886. The molecule has 8 heteroatoms. The van der Waals surface area contributed by atoms with E-state index >= 15 is 0 Å². The van der Waals surface area contributed by atoms with E-state index in [4.69, 9.17) is 4.74 Å². The number of aromatic nitrogens is 3. The third kappa shape index (κ3) is 4.27. The Morgan fingerprint density at radius 2 is 2.38 bits per heavy atom. The Kier molecular flexibility index (Phi) is 5.37. The molecular weight excluding hydrogens is 326 g/mol. The molecule has 1 N–H and O–H groups in total. The Bertz CT molecular complexity index is 705. The standard InChI is InChI=1S/C16H21N5O2S/c1-11-19-20-15(24-11)10-21-7-3-4-13(9-21)23-12-5-6-18-14(8-12)16(22)17-2/h5-6,8,13H,3-4,7,9-10H2,1-2H3,(H,17,22)/t13-/m1/s1. The summed E-state index contributed by atoms with van der Waals surface area (Å²) >= 11 is 1.64. The molecule has 0 aliphatic carbocycles. The summed E-state index contributed by atoms with van der Waals surface area (Å²) in [6, 6.07) is 3.48. The van der Waals surface area contributed by atoms with Gasteiger partial charge in [0.2, 0.25) is 0 Å². The minimum Gasteiger partial charge on any atom is -0.489 e. The third-order valence-corrected chi connectivity index (χ3v) is 4.71. The van der Waals surface area contributed by atoms with Crippen molar-refractivity contribution in [2.45, 2.75) is 32.4 Å². The average Bonchev–Trinajstić information content (AvgIpc) is 2.99. The zero-order valence-corrected chi connectivity index (χ0v) is 14.7. The highest BCUT2D eigenvalue weighted by molar-refractivity contribution is 7.11. The van der Waals surface area contributed by atoms with Gasteiger partial charge in [0.05, 0.1) is 6.54 Å². The molecule has 1 saturated heterocycles. The number of amides is 1. The molecule has 1 aliphatic heterocycles. The minimum absolute atomic E-state index is 0.104. The number of nitrogens with zero attached hydrogens (tertiary/aromatic N) is 4. The van der Waals surface area contributed by atoms with Crippen LogP contribution in [0.2, 0.25) is 0 Å². The van der Waals surface area contributed by atoms with Crippen LogP contribution in [0, 0.1) is 6.92 Å². The molecule has 3 rings (SSSR count). The number of pyridine rings is 1. The molecule has 0 saturated carbocycles. The van der Waals surface area contributed by atoms with Crippen LogP contribution >= 0.6 is 11.3 Å². The molecule has 1 amide bonds. The van der Waals surface area contributed by atoms with Gasteiger partial charge >= 0.3 is 0 Å². The highest BCUT2D eigenvalue weighted by atomic mass is 32.1. The molecule has 0 bridgehead atoms. The molecule has 1 aliphatic rings. The highest BCUT2D eigenvalue weighted by Gasteiger charge is 2.22. The maximum Gasteiger partial charge on any atom is 0.269 e. The number of piperidine rings is 1. The van der Waals surface area contributed by atoms with E-state index in [0.29, 0.717) is 11.4 Å². The van der Waals surface area contributed by atoms with Crippen molar-refractivity contribution in [2.24, 2.45) is 0 Å². The van der Waals surface area contributed by atoms with Gasteiger partial charge in [-0.15, -0.1) is 21.5 Å². The molecule has 1 fully saturated rings. The van der Waals surface area contributed by atoms with Crippen molar-refractivity contribution in [1.29, 1.82) is 0 Å². The second-order valence-corrected chi connectivity index (χ2v) is 7.05. The van der Waals surface area contributed by atoms with E-state index in [-0.39, 0.29) is 12.0 Å². The smallest absolute Gasteiger partial charge is 0.269 e. The fourth-order valence-corrected chi connectivity index (χ4v) is 3.53. The minimum atomic E-state index is -0.211. The van der Waals surface area contributed by atoms with Gasteiger partial charge in [-0.05, 0) is 32.4 Å². The first-order valence-corrected chi connectivity index (χ1v) is 8.82. The lowest BCUT2D eigenvalue weighted by Gasteiger charge is -2.32. The monoisotopic (exact) mass is 347 g/mol. The predicted octanol–water partition coefficient (Wildman–Crippen LogP) is 1.64. The first-order valence-electron chi connectivity index (χ1n) is 8.00. The lowest BCUT2D eigenvalue weighted by atomic mass is 10.1. The van der Waals surface area contributed by atoms with E-state index in [1.807, 2.05) is 6.92 Å². The number of carbonyl (C=O) groups excluding carboxylic acids is 1. The molecule has 0 radical (unpaired) electrons. The van der Waals surface area contributed by atoms with E-state index in [1.165, 1.54) is 0 Å². The number of rotatable bonds is 5. The number of hydrogen-bond donors (Lipinski definition) is 1. The van der Waals surface area contributed by atoms with Crippen molar-refractivity contribution in [2.75, 3.05) is 20.1 Å². The molecule has 0 aromatic carbocycles. The molecule has 24 heavy (non-hydrogen) atoms. The summed E-state index contributed by atoms with van der Waals surface area (Å²) in [4.78, 5) is 18.1. The van der Waals surface area contributed by atoms with Gasteiger partial charge in [0, 0.05) is 25.9 Å². The molecule has 3 heterocycles. The molecule has 7 nitrogen and oxygen atoms in total. The number of aryl methyl sites for hydroxylation is 1. The maximum absolute atomic E-state index is 11.7. The van der Waals surface area contributed by atoms with Crippen molar-refractivity contribution in [3.8, 4) is 5.75 Å². The topological polar surface area (TPSA) is 80.2 Å². The zero-order chi connectivity index (χ0) is 16.9. The van der Waals surface area contributed by atoms with Gasteiger partial charge in [-0.2, -0.15) is 0 Å². The lowest BCUT2D eigenvalue weighted by molar-refractivity contribution is 0.0836. The maximum atomic E-state index is 11.7. The molecule has 0 spiro atoms. The molecular formula is C16H21N5O2S. The van der Waals surface area contributed by atoms with Gasteiger partial charge in [0.1, 0.15) is 27.6 Å². The van der Waals surface area contributed by atoms with Crippen molar-refractivity contribution >= 4 is 17.2 Å². The van der Waals surface area contributed by atoms with Crippen molar-refractivity contribution < 1.29 is 9.53 Å². The molecule has 2 aromatic rings. The van der Waals surface area contributed by atoms with Gasteiger partial charge in [-0.1, -0.05) is 0 Å². The second kappa shape index (κ2) is 7.67. The Hall–Kier alpha value is -2.06. The van der Waals surface area contributed by atoms with Crippen LogP contribution < -0.4 is 10.1 Å². The van der Waals surface area contributed by atoms with Crippen LogP contribution in [0.15, 0.2) is 18.3 Å². The average molecular weight is 347 g/mol. The van der Waals surface area contributed by atoms with Crippen molar-refractivity contribution in [1.82, 2.24) is 25.4 Å². The molecule has 128 valence electrons. The summed E-state index contributed by atoms with van der Waals surface area (Å²) in [5.41, 5.74) is 0.368. The number of carbonyl (C=O) groups is 1. The van der Waals surface area contributed by atoms with Crippen LogP contribution in [-0.4, -0.2) is 52.2 Å². The zero-order valence-electron chi connectivity index (χ0n) is 13.9. The predicted molar refractivity (Wildman–Crippen MR) is 91.2 cm³/mol. The van der Waals surface area contributed by atoms with Crippen LogP contribution in [-0.2, 0) is 6.54 Å². The number of nitrogens with one attached hydrogen (secondary N) is 1. The van der Waals surface area contributed by atoms with Crippen LogP contribution in [0.1, 0.15) is 33.3 Å².